The SMILES string of the molecule is CCN1C(=O)C(CC(=O)Nc2ccc(F)cc2)S/C1=N/S(=O)(=O)c1ccc(Br)cc1. The fraction of sp³-hybridized carbons (Fsp3) is 0.211. The Labute approximate surface area is 185 Å². The lowest BCUT2D eigenvalue weighted by molar-refractivity contribution is -0.128. The molecule has 1 heterocycles. The molecule has 0 saturated carbocycles. The maximum atomic E-state index is 13.0. The lowest BCUT2D eigenvalue weighted by atomic mass is 10.2. The van der Waals surface area contributed by atoms with E-state index in [2.05, 4.69) is 25.6 Å². The van der Waals surface area contributed by atoms with E-state index in [0.29, 0.717) is 5.69 Å². The lowest BCUT2D eigenvalue weighted by Crippen LogP contribution is -2.33. The summed E-state index contributed by atoms with van der Waals surface area (Å²) in [6, 6.07) is 11.2. The summed E-state index contributed by atoms with van der Waals surface area (Å²) in [4.78, 5) is 26.2. The number of sulfonamides is 1. The Morgan fingerprint density at radius 2 is 1.83 bits per heavy atom. The average molecular weight is 514 g/mol. The van der Waals surface area contributed by atoms with E-state index >= 15 is 0 Å². The molecule has 0 bridgehead atoms. The van der Waals surface area contributed by atoms with Crippen LogP contribution >= 0.6 is 27.7 Å². The molecule has 1 atom stereocenters. The summed E-state index contributed by atoms with van der Waals surface area (Å²) in [6.07, 6.45) is -0.172. The van der Waals surface area contributed by atoms with Gasteiger partial charge in [-0.3, -0.25) is 14.5 Å². The summed E-state index contributed by atoms with van der Waals surface area (Å²) in [7, 11) is -4.02. The molecule has 2 aromatic rings. The molecule has 2 aromatic carbocycles. The molecule has 1 aliphatic rings. The van der Waals surface area contributed by atoms with Crippen LogP contribution in [0.25, 0.3) is 0 Å². The van der Waals surface area contributed by atoms with Crippen LogP contribution in [-0.2, 0) is 19.6 Å². The van der Waals surface area contributed by atoms with E-state index in [1.165, 1.54) is 41.3 Å². The number of amidine groups is 1. The number of nitrogens with zero attached hydrogens (tertiary/aromatic N) is 2. The number of rotatable bonds is 6. The van der Waals surface area contributed by atoms with Gasteiger partial charge in [0, 0.05) is 23.1 Å². The van der Waals surface area contributed by atoms with Gasteiger partial charge in [-0.05, 0) is 55.5 Å². The monoisotopic (exact) mass is 513 g/mol. The molecular formula is C19H17BrFN3O4S2. The van der Waals surface area contributed by atoms with Crippen molar-refractivity contribution >= 4 is 60.4 Å². The molecule has 1 saturated heterocycles. The lowest BCUT2D eigenvalue weighted by Gasteiger charge is -2.13. The Morgan fingerprint density at radius 3 is 2.43 bits per heavy atom. The minimum Gasteiger partial charge on any atom is -0.326 e. The summed E-state index contributed by atoms with van der Waals surface area (Å²) >= 11 is 4.18. The topological polar surface area (TPSA) is 95.9 Å². The molecule has 11 heteroatoms. The molecule has 1 aliphatic heterocycles. The van der Waals surface area contributed by atoms with Gasteiger partial charge in [0.25, 0.3) is 10.0 Å². The highest BCUT2D eigenvalue weighted by atomic mass is 79.9. The van der Waals surface area contributed by atoms with Crippen LogP contribution in [0.3, 0.4) is 0 Å². The molecule has 1 fully saturated rings. The van der Waals surface area contributed by atoms with Crippen molar-refractivity contribution in [2.75, 3.05) is 11.9 Å². The largest absolute Gasteiger partial charge is 0.326 e. The number of anilines is 1. The zero-order valence-corrected chi connectivity index (χ0v) is 18.9. The molecule has 3 rings (SSSR count). The number of carbonyl (C=O) groups is 2. The average Bonchev–Trinajstić information content (AvgIpc) is 2.97. The van der Waals surface area contributed by atoms with Gasteiger partial charge in [0.2, 0.25) is 11.8 Å². The van der Waals surface area contributed by atoms with Crippen molar-refractivity contribution in [3.8, 4) is 0 Å². The van der Waals surface area contributed by atoms with Gasteiger partial charge in [-0.25, -0.2) is 4.39 Å². The zero-order valence-electron chi connectivity index (χ0n) is 15.7. The molecule has 2 amide bonds. The third-order valence-corrected chi connectivity index (χ3v) is 7.25. The second-order valence-corrected chi connectivity index (χ2v) is 9.94. The minimum atomic E-state index is -4.02. The third kappa shape index (κ3) is 5.27. The number of halogens is 2. The molecule has 1 N–H and O–H groups in total. The molecule has 30 heavy (non-hydrogen) atoms. The van der Waals surface area contributed by atoms with E-state index in [-0.39, 0.29) is 28.9 Å². The van der Waals surface area contributed by atoms with Crippen LogP contribution < -0.4 is 5.32 Å². The standard InChI is InChI=1S/C19H17BrFN3O4S2/c1-2-24-18(26)16(11-17(25)22-14-7-5-13(21)6-8-14)29-19(24)23-30(27,28)15-9-3-12(20)4-10-15/h3-10,16H,2,11H2,1H3,(H,22,25)/b23-19+. The highest BCUT2D eigenvalue weighted by Gasteiger charge is 2.39. The third-order valence-electron chi connectivity index (χ3n) is 4.14. The van der Waals surface area contributed by atoms with Crippen LogP contribution in [0.5, 0.6) is 0 Å². The molecule has 158 valence electrons. The van der Waals surface area contributed by atoms with Gasteiger partial charge in [0.15, 0.2) is 5.17 Å². The van der Waals surface area contributed by atoms with Gasteiger partial charge in [-0.1, -0.05) is 27.7 Å². The van der Waals surface area contributed by atoms with Crippen LogP contribution in [-0.4, -0.2) is 42.1 Å². The number of thioether (sulfide) groups is 1. The Balaban J connectivity index is 1.75. The Bertz CT molecular complexity index is 1090. The summed E-state index contributed by atoms with van der Waals surface area (Å²) in [5, 5.41) is 1.82. The first kappa shape index (κ1) is 22.4. The zero-order chi connectivity index (χ0) is 21.9. The van der Waals surface area contributed by atoms with Gasteiger partial charge >= 0.3 is 0 Å². The summed E-state index contributed by atoms with van der Waals surface area (Å²) in [5.74, 6) is -1.26. The maximum Gasteiger partial charge on any atom is 0.284 e. The Hall–Kier alpha value is -2.24. The van der Waals surface area contributed by atoms with Crippen LogP contribution in [0.2, 0.25) is 0 Å². The summed E-state index contributed by atoms with van der Waals surface area (Å²) in [6.45, 7) is 1.91. The maximum absolute atomic E-state index is 13.0. The van der Waals surface area contributed by atoms with Crippen molar-refractivity contribution in [3.63, 3.8) is 0 Å². The first-order valence-electron chi connectivity index (χ1n) is 8.83. The smallest absolute Gasteiger partial charge is 0.284 e. The van der Waals surface area contributed by atoms with Gasteiger partial charge in [0.05, 0.1) is 4.90 Å². The predicted molar refractivity (Wildman–Crippen MR) is 117 cm³/mol. The van der Waals surface area contributed by atoms with Crippen LogP contribution in [0.15, 0.2) is 62.3 Å². The van der Waals surface area contributed by atoms with Crippen molar-refractivity contribution in [1.29, 1.82) is 0 Å². The fourth-order valence-corrected chi connectivity index (χ4v) is 5.36. The normalized spacial score (nSPS) is 18.1. The number of nitrogens with one attached hydrogen (secondary N) is 1. The molecule has 0 aliphatic carbocycles. The van der Waals surface area contributed by atoms with E-state index in [4.69, 9.17) is 0 Å². The van der Waals surface area contributed by atoms with E-state index in [1.807, 2.05) is 0 Å². The first-order valence-corrected chi connectivity index (χ1v) is 11.9. The minimum absolute atomic E-state index is 0.000181. The molecule has 7 nitrogen and oxygen atoms in total. The van der Waals surface area contributed by atoms with Gasteiger partial charge in [-0.2, -0.15) is 8.42 Å². The van der Waals surface area contributed by atoms with E-state index in [0.717, 1.165) is 16.2 Å². The van der Waals surface area contributed by atoms with Crippen molar-refractivity contribution in [2.24, 2.45) is 4.40 Å². The molecule has 0 spiro atoms. The molecule has 0 aromatic heterocycles. The number of hydrogen-bond donors (Lipinski definition) is 1. The number of hydrogen-bond acceptors (Lipinski definition) is 5. The number of amides is 2. The summed E-state index contributed by atoms with van der Waals surface area (Å²) in [5.41, 5.74) is 0.399. The van der Waals surface area contributed by atoms with E-state index in [9.17, 15) is 22.4 Å². The summed E-state index contributed by atoms with van der Waals surface area (Å²) < 4.78 is 42.7. The van der Waals surface area contributed by atoms with E-state index < -0.39 is 27.0 Å². The van der Waals surface area contributed by atoms with Crippen molar-refractivity contribution in [2.45, 2.75) is 23.5 Å². The van der Waals surface area contributed by atoms with Gasteiger partial charge in [-0.15, -0.1) is 4.40 Å². The Kier molecular flexibility index (Phi) is 6.94. The highest BCUT2D eigenvalue weighted by molar-refractivity contribution is 9.10. The highest BCUT2D eigenvalue weighted by Crippen LogP contribution is 2.31. The first-order chi connectivity index (χ1) is 14.2. The van der Waals surface area contributed by atoms with Crippen molar-refractivity contribution < 1.29 is 22.4 Å². The number of carbonyl (C=O) groups excluding carboxylic acids is 2. The van der Waals surface area contributed by atoms with Gasteiger partial charge in [0.1, 0.15) is 11.1 Å². The fourth-order valence-electron chi connectivity index (χ4n) is 2.68. The molecule has 1 unspecified atom stereocenters. The van der Waals surface area contributed by atoms with Gasteiger partial charge < -0.3 is 5.32 Å². The second kappa shape index (κ2) is 9.27. The van der Waals surface area contributed by atoms with E-state index in [1.54, 1.807) is 19.1 Å². The second-order valence-electron chi connectivity index (χ2n) is 6.25. The van der Waals surface area contributed by atoms with Crippen molar-refractivity contribution in [3.05, 3.63) is 58.8 Å². The molecule has 0 radical (unpaired) electrons. The van der Waals surface area contributed by atoms with Crippen LogP contribution in [0.4, 0.5) is 10.1 Å². The number of benzene rings is 2. The van der Waals surface area contributed by atoms with Crippen LogP contribution in [0.1, 0.15) is 13.3 Å². The van der Waals surface area contributed by atoms with Crippen LogP contribution in [0, 0.1) is 5.82 Å². The molecular weight excluding hydrogens is 497 g/mol. The van der Waals surface area contributed by atoms with Crippen molar-refractivity contribution in [1.82, 2.24) is 4.90 Å². The predicted octanol–water partition coefficient (Wildman–Crippen LogP) is 3.63. The quantitative estimate of drug-likeness (QED) is 0.636. The Morgan fingerprint density at radius 1 is 1.20 bits per heavy atom.